The summed E-state index contributed by atoms with van der Waals surface area (Å²) in [6, 6.07) is 0. The fourth-order valence-electron chi connectivity index (χ4n) is 6.22. The molecule has 2 atom stereocenters. The molecule has 0 aliphatic heterocycles. The van der Waals surface area contributed by atoms with Gasteiger partial charge in [-0.05, 0) is 32.1 Å². The Balaban J connectivity index is 4.24. The van der Waals surface area contributed by atoms with Crippen LogP contribution in [0.25, 0.3) is 0 Å². The Morgan fingerprint density at radius 3 is 1.43 bits per heavy atom. The Hall–Kier alpha value is -1.25. The smallest absolute Gasteiger partial charge is 0.306 e. The molecule has 0 aliphatic rings. The summed E-state index contributed by atoms with van der Waals surface area (Å²) in [5.74, 6) is -0.836. The van der Waals surface area contributed by atoms with Gasteiger partial charge in [0.25, 0.3) is 7.82 Å². The fourth-order valence-corrected chi connectivity index (χ4v) is 6.95. The molecule has 0 aliphatic carbocycles. The van der Waals surface area contributed by atoms with E-state index in [0.717, 1.165) is 57.8 Å². The van der Waals surface area contributed by atoms with Gasteiger partial charge < -0.3 is 27.9 Å². The van der Waals surface area contributed by atoms with Crippen LogP contribution in [0.15, 0.2) is 12.2 Å². The van der Waals surface area contributed by atoms with Crippen molar-refractivity contribution >= 4 is 19.8 Å². The summed E-state index contributed by atoms with van der Waals surface area (Å²) in [5, 5.41) is 0. The highest BCUT2D eigenvalue weighted by molar-refractivity contribution is 7.45. The quantitative estimate of drug-likeness (QED) is 0.0198. The maximum atomic E-state index is 12.6. The molecular weight excluding hydrogens is 701 g/mol. The van der Waals surface area contributed by atoms with Gasteiger partial charge in [-0.15, -0.1) is 0 Å². The summed E-state index contributed by atoms with van der Waals surface area (Å²) < 4.78 is 33.9. The van der Waals surface area contributed by atoms with Crippen molar-refractivity contribution in [2.24, 2.45) is 0 Å². The summed E-state index contributed by atoms with van der Waals surface area (Å²) in [6.45, 7) is 4.20. The predicted molar refractivity (Wildman–Crippen MR) is 222 cm³/mol. The van der Waals surface area contributed by atoms with E-state index in [-0.39, 0.29) is 32.0 Å². The maximum Gasteiger partial charge on any atom is 0.306 e. The van der Waals surface area contributed by atoms with Gasteiger partial charge in [-0.2, -0.15) is 0 Å². The lowest BCUT2D eigenvalue weighted by Crippen LogP contribution is -2.37. The van der Waals surface area contributed by atoms with E-state index in [1.165, 1.54) is 116 Å². The number of quaternary nitrogens is 1. The zero-order valence-electron chi connectivity index (χ0n) is 35.9. The van der Waals surface area contributed by atoms with E-state index < -0.39 is 26.5 Å². The third-order valence-electron chi connectivity index (χ3n) is 9.79. The first-order chi connectivity index (χ1) is 26.0. The molecule has 0 spiro atoms. The van der Waals surface area contributed by atoms with Crippen LogP contribution in [-0.2, 0) is 32.7 Å². The van der Waals surface area contributed by atoms with Crippen molar-refractivity contribution in [1.82, 2.24) is 0 Å². The number of nitrogens with zero attached hydrogens (tertiary/aromatic N) is 1. The van der Waals surface area contributed by atoms with Gasteiger partial charge in [0.2, 0.25) is 0 Å². The molecular formula is C44H86NO8P. The lowest BCUT2D eigenvalue weighted by atomic mass is 10.0. The number of esters is 2. The summed E-state index contributed by atoms with van der Waals surface area (Å²) >= 11 is 0. The van der Waals surface area contributed by atoms with Crippen LogP contribution >= 0.6 is 7.82 Å². The first-order valence-corrected chi connectivity index (χ1v) is 23.9. The molecule has 54 heavy (non-hydrogen) atoms. The van der Waals surface area contributed by atoms with Crippen LogP contribution in [0.5, 0.6) is 0 Å². The van der Waals surface area contributed by atoms with Gasteiger partial charge in [-0.1, -0.05) is 174 Å². The highest BCUT2D eigenvalue weighted by Gasteiger charge is 2.21. The van der Waals surface area contributed by atoms with E-state index in [0.29, 0.717) is 17.4 Å². The van der Waals surface area contributed by atoms with Crippen LogP contribution in [-0.4, -0.2) is 70.0 Å². The van der Waals surface area contributed by atoms with Crippen molar-refractivity contribution in [1.29, 1.82) is 0 Å². The third-order valence-corrected chi connectivity index (χ3v) is 10.7. The van der Waals surface area contributed by atoms with Crippen molar-refractivity contribution in [3.63, 3.8) is 0 Å². The van der Waals surface area contributed by atoms with Crippen LogP contribution < -0.4 is 4.89 Å². The number of hydrogen-bond acceptors (Lipinski definition) is 8. The average Bonchev–Trinajstić information content (AvgIpc) is 3.12. The van der Waals surface area contributed by atoms with E-state index >= 15 is 0 Å². The van der Waals surface area contributed by atoms with E-state index in [1.54, 1.807) is 0 Å². The fraction of sp³-hybridized carbons (Fsp3) is 0.909. The summed E-state index contributed by atoms with van der Waals surface area (Å²) in [5.41, 5.74) is 0. The zero-order valence-corrected chi connectivity index (χ0v) is 36.8. The molecule has 0 aromatic carbocycles. The minimum Gasteiger partial charge on any atom is -0.756 e. The molecule has 0 saturated heterocycles. The molecule has 0 saturated carbocycles. The molecule has 0 amide bonds. The Kier molecular flexibility index (Phi) is 36.5. The van der Waals surface area contributed by atoms with E-state index in [2.05, 4.69) is 26.0 Å². The zero-order chi connectivity index (χ0) is 40.0. The van der Waals surface area contributed by atoms with Crippen molar-refractivity contribution in [2.75, 3.05) is 47.5 Å². The van der Waals surface area contributed by atoms with Gasteiger partial charge in [0.05, 0.1) is 27.7 Å². The summed E-state index contributed by atoms with van der Waals surface area (Å²) in [7, 11) is 1.17. The monoisotopic (exact) mass is 788 g/mol. The number of hydrogen-bond donors (Lipinski definition) is 0. The Labute approximate surface area is 333 Å². The highest BCUT2D eigenvalue weighted by Crippen LogP contribution is 2.38. The van der Waals surface area contributed by atoms with Gasteiger partial charge in [0, 0.05) is 12.8 Å². The van der Waals surface area contributed by atoms with Crippen molar-refractivity contribution in [2.45, 2.75) is 213 Å². The largest absolute Gasteiger partial charge is 0.756 e. The normalized spacial score (nSPS) is 13.7. The Morgan fingerprint density at radius 2 is 0.963 bits per heavy atom. The van der Waals surface area contributed by atoms with Crippen LogP contribution in [0.1, 0.15) is 206 Å². The molecule has 0 aromatic heterocycles. The highest BCUT2D eigenvalue weighted by atomic mass is 31.2. The summed E-state index contributed by atoms with van der Waals surface area (Å²) in [6.07, 6.45) is 38.1. The summed E-state index contributed by atoms with van der Waals surface area (Å²) in [4.78, 5) is 37.5. The van der Waals surface area contributed by atoms with Gasteiger partial charge in [0.1, 0.15) is 19.8 Å². The number of phosphoric acid groups is 1. The van der Waals surface area contributed by atoms with Gasteiger partial charge in [-0.25, -0.2) is 0 Å². The van der Waals surface area contributed by atoms with Gasteiger partial charge in [0.15, 0.2) is 6.10 Å². The molecule has 0 fully saturated rings. The van der Waals surface area contributed by atoms with Crippen molar-refractivity contribution < 1.29 is 42.1 Å². The number of ether oxygens (including phenoxy) is 2. The lowest BCUT2D eigenvalue weighted by Gasteiger charge is -2.28. The first-order valence-electron chi connectivity index (χ1n) is 22.4. The van der Waals surface area contributed by atoms with Crippen LogP contribution in [0.3, 0.4) is 0 Å². The third kappa shape index (κ3) is 40.4. The molecule has 320 valence electrons. The Bertz CT molecular complexity index is 938. The minimum atomic E-state index is -4.62. The first kappa shape index (κ1) is 52.8. The molecule has 0 aromatic rings. The molecule has 0 bridgehead atoms. The molecule has 0 rings (SSSR count). The number of likely N-dealkylation sites (N-methyl/N-ethyl adjacent to an activating group) is 1. The van der Waals surface area contributed by atoms with Crippen LogP contribution in [0.2, 0.25) is 0 Å². The number of unbranched alkanes of at least 4 members (excludes halogenated alkanes) is 25. The van der Waals surface area contributed by atoms with E-state index in [4.69, 9.17) is 18.5 Å². The number of phosphoric ester groups is 1. The second kappa shape index (κ2) is 37.3. The molecule has 0 heterocycles. The molecule has 10 heteroatoms. The van der Waals surface area contributed by atoms with E-state index in [9.17, 15) is 19.0 Å². The second-order valence-corrected chi connectivity index (χ2v) is 17.8. The average molecular weight is 788 g/mol. The van der Waals surface area contributed by atoms with Gasteiger partial charge >= 0.3 is 11.9 Å². The number of rotatable bonds is 41. The molecule has 9 nitrogen and oxygen atoms in total. The molecule has 0 radical (unpaired) electrons. The van der Waals surface area contributed by atoms with Crippen LogP contribution in [0, 0.1) is 0 Å². The lowest BCUT2D eigenvalue weighted by molar-refractivity contribution is -0.870. The standard InChI is InChI=1S/C44H86NO8P/c1-6-8-10-12-14-16-18-19-20-21-22-23-24-25-27-28-30-32-34-36-43(46)50-40-42(41-52-54(48,49)51-39-38-45(3,4)5)53-44(47)37-35-33-31-29-26-17-15-13-11-9-7-2/h13,15,42H,6-12,14,16-41H2,1-5H3/b15-13-/t42-/m1/s1. The van der Waals surface area contributed by atoms with Crippen molar-refractivity contribution in [3.05, 3.63) is 12.2 Å². The van der Waals surface area contributed by atoms with Crippen LogP contribution in [0.4, 0.5) is 0 Å². The van der Waals surface area contributed by atoms with Gasteiger partial charge in [-0.3, -0.25) is 14.2 Å². The molecule has 0 N–H and O–H groups in total. The number of allylic oxidation sites excluding steroid dienone is 2. The number of carbonyl (C=O) groups excluding carboxylic acids is 2. The number of carbonyl (C=O) groups is 2. The topological polar surface area (TPSA) is 111 Å². The van der Waals surface area contributed by atoms with E-state index in [1.807, 2.05) is 21.1 Å². The molecule has 1 unspecified atom stereocenters. The minimum absolute atomic E-state index is 0.0295. The Morgan fingerprint density at radius 1 is 0.556 bits per heavy atom. The van der Waals surface area contributed by atoms with Crippen molar-refractivity contribution in [3.8, 4) is 0 Å². The second-order valence-electron chi connectivity index (χ2n) is 16.4. The SMILES string of the molecule is CCCC/C=C\CCCCCCCC(=O)O[C@H](COC(=O)CCCCCCCCCCCCCCCCCCCCC)COP(=O)([O-])OCC[N+](C)(C)C. The predicted octanol–water partition coefficient (Wildman–Crippen LogP) is 11.9. The maximum absolute atomic E-state index is 12.6.